The highest BCUT2D eigenvalue weighted by atomic mass is 32.2. The number of thioether (sulfide) groups is 1. The average Bonchev–Trinajstić information content (AvgIpc) is 3.53. The number of benzene rings is 2. The summed E-state index contributed by atoms with van der Waals surface area (Å²) in [7, 11) is 0. The molecule has 3 aromatic rings. The molecule has 1 saturated carbocycles. The fourth-order valence-electron chi connectivity index (χ4n) is 3.74. The number of carbonyl (C=O) groups excluding carboxylic acids is 2. The minimum atomic E-state index is -0.116. The first kappa shape index (κ1) is 19.1. The van der Waals surface area contributed by atoms with Gasteiger partial charge >= 0.3 is 0 Å². The zero-order chi connectivity index (χ0) is 20.5. The van der Waals surface area contributed by atoms with E-state index < -0.39 is 0 Å². The Morgan fingerprint density at radius 3 is 2.70 bits per heavy atom. The molecule has 2 aliphatic rings. The third kappa shape index (κ3) is 3.89. The second-order valence-corrected chi connectivity index (χ2v) is 8.65. The second-order valence-electron chi connectivity index (χ2n) is 7.68. The number of fused-ring (bicyclic) bond motifs is 1. The number of carbonyl (C=O) groups is 2. The zero-order valence-corrected chi connectivity index (χ0v) is 17.3. The van der Waals surface area contributed by atoms with Crippen molar-refractivity contribution in [3.8, 4) is 0 Å². The Morgan fingerprint density at radius 2 is 1.90 bits per heavy atom. The summed E-state index contributed by atoms with van der Waals surface area (Å²) >= 11 is 1.43. The molecule has 7 heteroatoms. The predicted molar refractivity (Wildman–Crippen MR) is 119 cm³/mol. The van der Waals surface area contributed by atoms with E-state index in [9.17, 15) is 9.59 Å². The van der Waals surface area contributed by atoms with Crippen LogP contribution in [0.25, 0.3) is 10.9 Å². The van der Waals surface area contributed by atoms with Gasteiger partial charge < -0.3 is 10.2 Å². The van der Waals surface area contributed by atoms with E-state index in [0.29, 0.717) is 24.6 Å². The smallest absolute Gasteiger partial charge is 0.234 e. The number of nitrogens with one attached hydrogen (secondary N) is 1. The lowest BCUT2D eigenvalue weighted by molar-refractivity contribution is -0.117. The quantitative estimate of drug-likeness (QED) is 0.475. The summed E-state index contributed by atoms with van der Waals surface area (Å²) < 4.78 is 0. The number of nitrogens with zero attached hydrogens (tertiary/aromatic N) is 3. The molecule has 2 heterocycles. The molecule has 0 unspecified atom stereocenters. The molecule has 2 amide bonds. The van der Waals surface area contributed by atoms with Gasteiger partial charge in [0.2, 0.25) is 11.8 Å². The number of para-hydroxylation sites is 3. The summed E-state index contributed by atoms with van der Waals surface area (Å²) in [6, 6.07) is 15.4. The van der Waals surface area contributed by atoms with Gasteiger partial charge in [0.25, 0.3) is 0 Å². The highest BCUT2D eigenvalue weighted by molar-refractivity contribution is 8.00. The van der Waals surface area contributed by atoms with Crippen LogP contribution in [0.1, 0.15) is 37.4 Å². The second kappa shape index (κ2) is 8.07. The number of aromatic nitrogens is 2. The van der Waals surface area contributed by atoms with Gasteiger partial charge in [0.15, 0.2) is 0 Å². The normalized spacial score (nSPS) is 16.3. The molecule has 0 atom stereocenters. The first-order valence-electron chi connectivity index (χ1n) is 10.3. The van der Waals surface area contributed by atoms with Crippen molar-refractivity contribution in [1.29, 1.82) is 0 Å². The van der Waals surface area contributed by atoms with Gasteiger partial charge in [-0.05, 0) is 37.5 Å². The summed E-state index contributed by atoms with van der Waals surface area (Å²) in [6.07, 6.45) is 3.67. The monoisotopic (exact) mass is 418 g/mol. The maximum absolute atomic E-state index is 12.7. The maximum Gasteiger partial charge on any atom is 0.234 e. The Kier molecular flexibility index (Phi) is 5.12. The van der Waals surface area contributed by atoms with E-state index in [-0.39, 0.29) is 17.6 Å². The van der Waals surface area contributed by atoms with Gasteiger partial charge in [0.1, 0.15) is 10.9 Å². The Morgan fingerprint density at radius 1 is 1.10 bits per heavy atom. The van der Waals surface area contributed by atoms with Crippen molar-refractivity contribution < 1.29 is 9.59 Å². The summed E-state index contributed by atoms with van der Waals surface area (Å²) in [4.78, 5) is 36.1. The Labute approximate surface area is 179 Å². The third-order valence-corrected chi connectivity index (χ3v) is 6.40. The van der Waals surface area contributed by atoms with Crippen LogP contribution in [0.3, 0.4) is 0 Å². The van der Waals surface area contributed by atoms with Crippen LogP contribution >= 0.6 is 11.8 Å². The number of anilines is 2. The third-order valence-electron chi connectivity index (χ3n) is 5.41. The Bertz CT molecular complexity index is 1130. The molecule has 2 aromatic carbocycles. The molecular weight excluding hydrogens is 396 g/mol. The average molecular weight is 419 g/mol. The SMILES string of the molecule is O=C(CSc1nc(C2CC2)nc2ccccc12)Nc1ccccc1N1CCCC1=O. The van der Waals surface area contributed by atoms with Gasteiger partial charge in [0, 0.05) is 24.3 Å². The highest BCUT2D eigenvalue weighted by Crippen LogP contribution is 2.40. The van der Waals surface area contributed by atoms with Crippen LogP contribution < -0.4 is 10.2 Å². The molecule has 0 radical (unpaired) electrons. The number of amides is 2. The van der Waals surface area contributed by atoms with Gasteiger partial charge in [-0.15, -0.1) is 0 Å². The highest BCUT2D eigenvalue weighted by Gasteiger charge is 2.28. The van der Waals surface area contributed by atoms with Gasteiger partial charge in [0.05, 0.1) is 22.6 Å². The first-order chi connectivity index (χ1) is 14.7. The van der Waals surface area contributed by atoms with Crippen molar-refractivity contribution in [1.82, 2.24) is 9.97 Å². The Hall–Kier alpha value is -2.93. The topological polar surface area (TPSA) is 75.2 Å². The lowest BCUT2D eigenvalue weighted by Crippen LogP contribution is -2.26. The van der Waals surface area contributed by atoms with Crippen molar-refractivity contribution in [2.75, 3.05) is 22.5 Å². The largest absolute Gasteiger partial charge is 0.324 e. The Balaban J connectivity index is 1.32. The van der Waals surface area contributed by atoms with Gasteiger partial charge in [-0.25, -0.2) is 9.97 Å². The van der Waals surface area contributed by atoms with E-state index in [4.69, 9.17) is 9.97 Å². The molecule has 5 rings (SSSR count). The number of rotatable bonds is 6. The first-order valence-corrected chi connectivity index (χ1v) is 11.3. The molecule has 0 spiro atoms. The standard InChI is InChI=1S/C23H22N4O2S/c28-20(24-18-8-3-4-9-19(18)27-13-5-10-21(27)29)14-30-23-16-6-1-2-7-17(16)25-22(26-23)15-11-12-15/h1-4,6-9,15H,5,10-14H2,(H,24,28). The molecule has 2 fully saturated rings. The van der Waals surface area contributed by atoms with E-state index in [0.717, 1.165) is 46.7 Å². The summed E-state index contributed by atoms with van der Waals surface area (Å²) in [6.45, 7) is 0.692. The van der Waals surface area contributed by atoms with Crippen molar-refractivity contribution in [2.45, 2.75) is 36.6 Å². The van der Waals surface area contributed by atoms with Crippen molar-refractivity contribution >= 4 is 45.9 Å². The van der Waals surface area contributed by atoms with Crippen LogP contribution in [0, 0.1) is 0 Å². The lowest BCUT2D eigenvalue weighted by Gasteiger charge is -2.20. The van der Waals surface area contributed by atoms with Gasteiger partial charge in [-0.1, -0.05) is 42.1 Å². The summed E-state index contributed by atoms with van der Waals surface area (Å²) in [5, 5.41) is 4.80. The zero-order valence-electron chi connectivity index (χ0n) is 16.5. The van der Waals surface area contributed by atoms with E-state index in [1.165, 1.54) is 11.8 Å². The molecule has 6 nitrogen and oxygen atoms in total. The lowest BCUT2D eigenvalue weighted by atomic mass is 10.2. The molecule has 1 aromatic heterocycles. The molecule has 1 aliphatic carbocycles. The van der Waals surface area contributed by atoms with Crippen molar-refractivity contribution in [3.63, 3.8) is 0 Å². The molecule has 30 heavy (non-hydrogen) atoms. The molecule has 152 valence electrons. The molecule has 1 aliphatic heterocycles. The van der Waals surface area contributed by atoms with Gasteiger partial charge in [-0.2, -0.15) is 0 Å². The summed E-state index contributed by atoms with van der Waals surface area (Å²) in [5.41, 5.74) is 2.36. The maximum atomic E-state index is 12.7. The minimum Gasteiger partial charge on any atom is -0.324 e. The van der Waals surface area contributed by atoms with Crippen LogP contribution in [-0.2, 0) is 9.59 Å². The minimum absolute atomic E-state index is 0.103. The fraction of sp³-hybridized carbons (Fsp3) is 0.304. The summed E-state index contributed by atoms with van der Waals surface area (Å²) in [5.74, 6) is 1.57. The number of hydrogen-bond acceptors (Lipinski definition) is 5. The predicted octanol–water partition coefficient (Wildman–Crippen LogP) is 4.36. The molecule has 1 N–H and O–H groups in total. The van der Waals surface area contributed by atoms with E-state index in [1.54, 1.807) is 4.90 Å². The van der Waals surface area contributed by atoms with E-state index >= 15 is 0 Å². The van der Waals surface area contributed by atoms with Crippen LogP contribution in [-0.4, -0.2) is 34.1 Å². The van der Waals surface area contributed by atoms with Crippen molar-refractivity contribution in [3.05, 3.63) is 54.4 Å². The van der Waals surface area contributed by atoms with E-state index in [2.05, 4.69) is 5.32 Å². The molecular formula is C23H22N4O2S. The number of hydrogen-bond donors (Lipinski definition) is 1. The molecule has 1 saturated heterocycles. The van der Waals surface area contributed by atoms with Crippen molar-refractivity contribution in [2.24, 2.45) is 0 Å². The molecule has 0 bridgehead atoms. The van der Waals surface area contributed by atoms with Crippen LogP contribution in [0.2, 0.25) is 0 Å². The van der Waals surface area contributed by atoms with Crippen LogP contribution in [0.5, 0.6) is 0 Å². The fourth-order valence-corrected chi connectivity index (χ4v) is 4.56. The van der Waals surface area contributed by atoms with Crippen LogP contribution in [0.15, 0.2) is 53.6 Å². The van der Waals surface area contributed by atoms with E-state index in [1.807, 2.05) is 48.5 Å². The van der Waals surface area contributed by atoms with Gasteiger partial charge in [-0.3, -0.25) is 9.59 Å². The van der Waals surface area contributed by atoms with Crippen LogP contribution in [0.4, 0.5) is 11.4 Å².